The van der Waals surface area contributed by atoms with Gasteiger partial charge in [0.1, 0.15) is 5.75 Å². The lowest BCUT2D eigenvalue weighted by atomic mass is 10.2. The molecular weight excluding hydrogens is 290 g/mol. The number of halogens is 5. The van der Waals surface area contributed by atoms with Crippen molar-refractivity contribution in [2.24, 2.45) is 0 Å². The van der Waals surface area contributed by atoms with Crippen LogP contribution < -0.4 is 5.32 Å². The topological polar surface area (TPSA) is 32.3 Å². The highest BCUT2D eigenvalue weighted by molar-refractivity contribution is 6.35. The molecule has 0 aliphatic heterocycles. The van der Waals surface area contributed by atoms with Crippen molar-refractivity contribution in [3.8, 4) is 5.75 Å². The minimum absolute atomic E-state index is 0.0153. The van der Waals surface area contributed by atoms with Crippen LogP contribution in [0.3, 0.4) is 0 Å². The number of phenols is 1. The van der Waals surface area contributed by atoms with Crippen LogP contribution in [0.5, 0.6) is 5.75 Å². The molecule has 0 atom stereocenters. The standard InChI is InChI=1S/C11H12Cl2F3NO/c12-8-4-7(10(18)9(13)5-8)6-17-3-1-2-11(14,15)16/h4-5,17-18H,1-3,6H2. The molecule has 1 aromatic carbocycles. The molecule has 7 heteroatoms. The first-order valence-electron chi connectivity index (χ1n) is 5.24. The Bertz CT molecular complexity index is 410. The molecule has 0 aromatic heterocycles. The molecule has 0 heterocycles. The van der Waals surface area contributed by atoms with Gasteiger partial charge in [0.05, 0.1) is 5.02 Å². The van der Waals surface area contributed by atoms with Crippen LogP contribution in [-0.4, -0.2) is 17.8 Å². The maximum absolute atomic E-state index is 11.9. The Morgan fingerprint density at radius 2 is 1.89 bits per heavy atom. The summed E-state index contributed by atoms with van der Waals surface area (Å²) in [6.45, 7) is 0.410. The Labute approximate surface area is 113 Å². The minimum atomic E-state index is -4.14. The molecule has 0 radical (unpaired) electrons. The monoisotopic (exact) mass is 301 g/mol. The van der Waals surface area contributed by atoms with Crippen molar-refractivity contribution < 1.29 is 18.3 Å². The third-order valence-electron chi connectivity index (χ3n) is 2.24. The molecule has 2 N–H and O–H groups in total. The fourth-order valence-corrected chi connectivity index (χ4v) is 1.93. The van der Waals surface area contributed by atoms with E-state index in [0.29, 0.717) is 10.6 Å². The van der Waals surface area contributed by atoms with Crippen LogP contribution in [0.15, 0.2) is 12.1 Å². The van der Waals surface area contributed by atoms with E-state index in [2.05, 4.69) is 5.32 Å². The van der Waals surface area contributed by atoms with Gasteiger partial charge in [0.25, 0.3) is 0 Å². The van der Waals surface area contributed by atoms with Gasteiger partial charge in [-0.1, -0.05) is 23.2 Å². The van der Waals surface area contributed by atoms with E-state index >= 15 is 0 Å². The molecule has 1 aromatic rings. The van der Waals surface area contributed by atoms with Gasteiger partial charge in [-0.25, -0.2) is 0 Å². The van der Waals surface area contributed by atoms with Crippen molar-refractivity contribution in [2.75, 3.05) is 6.54 Å². The molecule has 1 rings (SSSR count). The van der Waals surface area contributed by atoms with E-state index in [1.165, 1.54) is 12.1 Å². The lowest BCUT2D eigenvalue weighted by molar-refractivity contribution is -0.135. The Morgan fingerprint density at radius 3 is 2.50 bits per heavy atom. The van der Waals surface area contributed by atoms with Gasteiger partial charge in [0, 0.05) is 23.6 Å². The minimum Gasteiger partial charge on any atom is -0.506 e. The maximum Gasteiger partial charge on any atom is 0.389 e. The van der Waals surface area contributed by atoms with Crippen LogP contribution in [0, 0.1) is 0 Å². The summed E-state index contributed by atoms with van der Waals surface area (Å²) < 4.78 is 35.6. The molecule has 0 bridgehead atoms. The molecule has 0 aliphatic carbocycles. The Hall–Kier alpha value is -0.650. The molecule has 0 unspecified atom stereocenters. The largest absolute Gasteiger partial charge is 0.506 e. The first-order valence-corrected chi connectivity index (χ1v) is 5.99. The number of hydrogen-bond acceptors (Lipinski definition) is 2. The SMILES string of the molecule is Oc1c(Cl)cc(Cl)cc1CNCCCC(F)(F)F. The van der Waals surface area contributed by atoms with Crippen molar-refractivity contribution in [3.63, 3.8) is 0 Å². The highest BCUT2D eigenvalue weighted by Gasteiger charge is 2.25. The summed E-state index contributed by atoms with van der Waals surface area (Å²) in [5.74, 6) is -0.107. The molecule has 18 heavy (non-hydrogen) atoms. The average molecular weight is 302 g/mol. The Kier molecular flexibility index (Phi) is 5.56. The van der Waals surface area contributed by atoms with E-state index in [9.17, 15) is 18.3 Å². The fraction of sp³-hybridized carbons (Fsp3) is 0.455. The van der Waals surface area contributed by atoms with Crippen LogP contribution >= 0.6 is 23.2 Å². The second-order valence-electron chi connectivity index (χ2n) is 3.79. The van der Waals surface area contributed by atoms with Crippen LogP contribution in [0.1, 0.15) is 18.4 Å². The summed E-state index contributed by atoms with van der Waals surface area (Å²) in [4.78, 5) is 0. The first-order chi connectivity index (χ1) is 8.29. The molecule has 102 valence electrons. The second-order valence-corrected chi connectivity index (χ2v) is 4.63. The summed E-state index contributed by atoms with van der Waals surface area (Å²) in [7, 11) is 0. The molecule has 0 fully saturated rings. The Morgan fingerprint density at radius 1 is 1.22 bits per heavy atom. The van der Waals surface area contributed by atoms with Crippen molar-refractivity contribution in [1.29, 1.82) is 0 Å². The third kappa shape index (κ3) is 5.33. The van der Waals surface area contributed by atoms with Crippen molar-refractivity contribution in [1.82, 2.24) is 5.32 Å². The second kappa shape index (κ2) is 6.50. The molecule has 0 aliphatic rings. The predicted octanol–water partition coefficient (Wildman–Crippen LogP) is 4.13. The van der Waals surface area contributed by atoms with Gasteiger partial charge < -0.3 is 10.4 Å². The van der Waals surface area contributed by atoms with Gasteiger partial charge >= 0.3 is 6.18 Å². The van der Waals surface area contributed by atoms with E-state index < -0.39 is 12.6 Å². The number of benzene rings is 1. The molecule has 0 saturated heterocycles. The normalized spacial score (nSPS) is 11.8. The first kappa shape index (κ1) is 15.4. The summed E-state index contributed by atoms with van der Waals surface area (Å²) in [5, 5.41) is 12.9. The summed E-state index contributed by atoms with van der Waals surface area (Å²) in [6.07, 6.45) is -4.98. The maximum atomic E-state index is 11.9. The summed E-state index contributed by atoms with van der Waals surface area (Å²) in [5.41, 5.74) is 0.458. The van der Waals surface area contributed by atoms with Gasteiger partial charge in [-0.05, 0) is 25.1 Å². The van der Waals surface area contributed by atoms with Gasteiger partial charge in [-0.3, -0.25) is 0 Å². The molecular formula is C11H12Cl2F3NO. The summed E-state index contributed by atoms with van der Waals surface area (Å²) >= 11 is 11.5. The van der Waals surface area contributed by atoms with Gasteiger partial charge in [0.15, 0.2) is 0 Å². The van der Waals surface area contributed by atoms with Crippen molar-refractivity contribution in [3.05, 3.63) is 27.7 Å². The summed E-state index contributed by atoms with van der Waals surface area (Å²) in [6, 6.07) is 2.91. The lowest BCUT2D eigenvalue weighted by Gasteiger charge is -2.09. The number of alkyl halides is 3. The zero-order valence-electron chi connectivity index (χ0n) is 9.32. The van der Waals surface area contributed by atoms with E-state index in [-0.39, 0.29) is 30.3 Å². The molecule has 2 nitrogen and oxygen atoms in total. The van der Waals surface area contributed by atoms with Crippen LogP contribution in [0.25, 0.3) is 0 Å². The van der Waals surface area contributed by atoms with E-state index in [1.54, 1.807) is 0 Å². The highest BCUT2D eigenvalue weighted by Crippen LogP contribution is 2.31. The number of aromatic hydroxyl groups is 1. The third-order valence-corrected chi connectivity index (χ3v) is 2.74. The highest BCUT2D eigenvalue weighted by atomic mass is 35.5. The number of phenolic OH excluding ortho intramolecular Hbond substituents is 1. The fourth-order valence-electron chi connectivity index (χ4n) is 1.39. The van der Waals surface area contributed by atoms with E-state index in [1.807, 2.05) is 0 Å². The van der Waals surface area contributed by atoms with Gasteiger partial charge in [-0.2, -0.15) is 13.2 Å². The van der Waals surface area contributed by atoms with Crippen molar-refractivity contribution in [2.45, 2.75) is 25.6 Å². The van der Waals surface area contributed by atoms with Crippen LogP contribution in [0.4, 0.5) is 13.2 Å². The zero-order chi connectivity index (χ0) is 13.8. The number of nitrogens with one attached hydrogen (secondary N) is 1. The average Bonchev–Trinajstić information content (AvgIpc) is 2.22. The molecule has 0 saturated carbocycles. The van der Waals surface area contributed by atoms with Crippen LogP contribution in [0.2, 0.25) is 10.0 Å². The quantitative estimate of drug-likeness (QED) is 0.802. The predicted molar refractivity (Wildman–Crippen MR) is 65.1 cm³/mol. The van der Waals surface area contributed by atoms with E-state index in [4.69, 9.17) is 23.2 Å². The van der Waals surface area contributed by atoms with Gasteiger partial charge in [0.2, 0.25) is 0 Å². The smallest absolute Gasteiger partial charge is 0.389 e. The lowest BCUT2D eigenvalue weighted by Crippen LogP contribution is -2.17. The number of hydrogen-bond donors (Lipinski definition) is 2. The van der Waals surface area contributed by atoms with E-state index in [0.717, 1.165) is 0 Å². The Balaban J connectivity index is 2.40. The van der Waals surface area contributed by atoms with Crippen molar-refractivity contribution >= 4 is 23.2 Å². The molecule has 0 spiro atoms. The van der Waals surface area contributed by atoms with Gasteiger partial charge in [-0.15, -0.1) is 0 Å². The molecule has 0 amide bonds. The number of rotatable bonds is 5. The van der Waals surface area contributed by atoms with Crippen LogP contribution in [-0.2, 0) is 6.54 Å². The zero-order valence-corrected chi connectivity index (χ0v) is 10.8.